The average molecular weight is 162 g/mol. The molecule has 1 N–H and O–H groups in total. The van der Waals surface area contributed by atoms with Crippen molar-refractivity contribution in [3.8, 4) is 0 Å². The zero-order valence-electron chi connectivity index (χ0n) is 4.73. The van der Waals surface area contributed by atoms with Crippen LogP contribution in [0.2, 0.25) is 0 Å². The first-order valence-corrected chi connectivity index (χ1v) is 0.928. The summed E-state index contributed by atoms with van der Waals surface area (Å²) in [6.07, 6.45) is 0. The molecule has 0 spiro atoms. The standard InChI is InChI=1S/C2H4O2.2Al.3O/c1-2(3)4;;;;;/h1H3,(H,3,4);;;;;/q;2*+3;3*-2. The topological polar surface area (TPSA) is 123 Å². The summed E-state index contributed by atoms with van der Waals surface area (Å²) in [4.78, 5) is 9.00. The molecule has 9 heavy (non-hydrogen) atoms. The molecule has 0 aromatic heterocycles. The Hall–Kier alpha value is 0.415. The number of aliphatic carboxylic acids is 1. The number of hydrogen-bond acceptors (Lipinski definition) is 1. The Bertz CT molecular complexity index is 35.9. The number of hydrogen-bond donors (Lipinski definition) is 1. The van der Waals surface area contributed by atoms with Gasteiger partial charge < -0.3 is 21.5 Å². The van der Waals surface area contributed by atoms with Gasteiger partial charge in [-0.05, 0) is 0 Å². The van der Waals surface area contributed by atoms with Gasteiger partial charge >= 0.3 is 34.7 Å². The molecule has 0 aliphatic rings. The summed E-state index contributed by atoms with van der Waals surface area (Å²) in [6.45, 7) is 1.08. The number of carboxylic acid groups (broad SMARTS) is 1. The van der Waals surface area contributed by atoms with Crippen molar-refractivity contribution >= 4 is 40.7 Å². The summed E-state index contributed by atoms with van der Waals surface area (Å²) in [5.74, 6) is -0.833. The van der Waals surface area contributed by atoms with Crippen LogP contribution in [0, 0.1) is 0 Å². The number of rotatable bonds is 0. The van der Waals surface area contributed by atoms with Crippen LogP contribution in [0.5, 0.6) is 0 Å². The molecule has 0 bridgehead atoms. The molecule has 0 saturated carbocycles. The predicted octanol–water partition coefficient (Wildman–Crippen LogP) is -1.03. The Balaban J connectivity index is -0.00000000450. The van der Waals surface area contributed by atoms with Crippen molar-refractivity contribution in [1.29, 1.82) is 0 Å². The summed E-state index contributed by atoms with van der Waals surface area (Å²) in [6, 6.07) is 0. The minimum Gasteiger partial charge on any atom is -2.00 e. The molecular weight excluding hydrogens is 158 g/mol. The van der Waals surface area contributed by atoms with Crippen molar-refractivity contribution in [3.63, 3.8) is 0 Å². The van der Waals surface area contributed by atoms with Gasteiger partial charge in [-0.2, -0.15) is 0 Å². The monoisotopic (exact) mass is 162 g/mol. The predicted molar refractivity (Wildman–Crippen MR) is 26.9 cm³/mol. The van der Waals surface area contributed by atoms with Crippen molar-refractivity contribution in [2.75, 3.05) is 0 Å². The maximum Gasteiger partial charge on any atom is 3.00 e. The van der Waals surface area contributed by atoms with Crippen LogP contribution >= 0.6 is 0 Å². The van der Waals surface area contributed by atoms with Crippen LogP contribution in [-0.4, -0.2) is 45.8 Å². The minimum absolute atomic E-state index is 0. The Kier molecular flexibility index (Phi) is 252. The molecule has 0 aliphatic carbocycles. The van der Waals surface area contributed by atoms with Crippen LogP contribution < -0.4 is 0 Å². The summed E-state index contributed by atoms with van der Waals surface area (Å²) >= 11 is 0. The quantitative estimate of drug-likeness (QED) is 0.457. The van der Waals surface area contributed by atoms with Gasteiger partial charge in [-0.25, -0.2) is 0 Å². The number of carbonyl (C=O) groups is 1. The van der Waals surface area contributed by atoms with Gasteiger partial charge in [0.25, 0.3) is 5.97 Å². The smallest absolute Gasteiger partial charge is 2.00 e. The maximum atomic E-state index is 9.00. The third-order valence-corrected chi connectivity index (χ3v) is 0. The number of carboxylic acids is 1. The van der Waals surface area contributed by atoms with Gasteiger partial charge in [-0.3, -0.25) is 4.79 Å². The normalized spacial score (nSPS) is 2.78. The van der Waals surface area contributed by atoms with Crippen LogP contribution in [0.25, 0.3) is 0 Å². The largest absolute Gasteiger partial charge is 3.00 e. The molecule has 48 valence electrons. The van der Waals surface area contributed by atoms with Gasteiger partial charge in [0, 0.05) is 6.92 Å². The van der Waals surface area contributed by atoms with Crippen molar-refractivity contribution in [3.05, 3.63) is 0 Å². The molecule has 0 fully saturated rings. The molecule has 0 radical (unpaired) electrons. The first-order valence-electron chi connectivity index (χ1n) is 0.928. The second-order valence-electron chi connectivity index (χ2n) is 0.519. The van der Waals surface area contributed by atoms with Crippen LogP contribution in [0.4, 0.5) is 0 Å². The molecule has 0 atom stereocenters. The van der Waals surface area contributed by atoms with Crippen LogP contribution in [0.15, 0.2) is 0 Å². The molecule has 5 nitrogen and oxygen atoms in total. The molecule has 7 heteroatoms. The first-order chi connectivity index (χ1) is 1.73. The second kappa shape index (κ2) is 39.7. The van der Waals surface area contributed by atoms with E-state index in [-0.39, 0.29) is 51.2 Å². The van der Waals surface area contributed by atoms with Crippen molar-refractivity contribution in [2.24, 2.45) is 0 Å². The fraction of sp³-hybridized carbons (Fsp3) is 0.500. The first kappa shape index (κ1) is 57.2. The van der Waals surface area contributed by atoms with Gasteiger partial charge in [0.05, 0.1) is 0 Å². The van der Waals surface area contributed by atoms with Crippen molar-refractivity contribution < 1.29 is 26.3 Å². The Morgan fingerprint density at radius 1 is 1.11 bits per heavy atom. The van der Waals surface area contributed by atoms with E-state index in [0.29, 0.717) is 0 Å². The maximum absolute atomic E-state index is 9.00. The van der Waals surface area contributed by atoms with E-state index >= 15 is 0 Å². The van der Waals surface area contributed by atoms with Crippen LogP contribution in [0.3, 0.4) is 0 Å². The summed E-state index contributed by atoms with van der Waals surface area (Å²) in [5, 5.41) is 7.42. The fourth-order valence-corrected chi connectivity index (χ4v) is 0. The Morgan fingerprint density at radius 2 is 1.11 bits per heavy atom. The van der Waals surface area contributed by atoms with E-state index in [1.54, 1.807) is 0 Å². The van der Waals surface area contributed by atoms with E-state index in [9.17, 15) is 0 Å². The van der Waals surface area contributed by atoms with Gasteiger partial charge in [-0.15, -0.1) is 0 Å². The van der Waals surface area contributed by atoms with Gasteiger partial charge in [-0.1, -0.05) is 0 Å². The summed E-state index contributed by atoms with van der Waals surface area (Å²) < 4.78 is 0. The van der Waals surface area contributed by atoms with E-state index in [1.165, 1.54) is 0 Å². The van der Waals surface area contributed by atoms with Gasteiger partial charge in [0.1, 0.15) is 0 Å². The van der Waals surface area contributed by atoms with Gasteiger partial charge in [0.15, 0.2) is 0 Å². The molecule has 0 aromatic rings. The van der Waals surface area contributed by atoms with E-state index < -0.39 is 5.97 Å². The molecule has 0 saturated heterocycles. The minimum atomic E-state index is -0.833. The Morgan fingerprint density at radius 3 is 1.11 bits per heavy atom. The molecule has 0 amide bonds. The van der Waals surface area contributed by atoms with Gasteiger partial charge in [0.2, 0.25) is 0 Å². The average Bonchev–Trinajstić information content (AvgIpc) is 0.811. The van der Waals surface area contributed by atoms with E-state index in [0.717, 1.165) is 6.92 Å². The molecule has 0 aromatic carbocycles. The SMILES string of the molecule is CC(=O)O.[Al+3].[Al+3].[O-2].[O-2].[O-2]. The van der Waals surface area contributed by atoms with Crippen molar-refractivity contribution in [1.82, 2.24) is 0 Å². The fourth-order valence-electron chi connectivity index (χ4n) is 0. The zero-order chi connectivity index (χ0) is 3.58. The third kappa shape index (κ3) is 2010. The zero-order valence-corrected chi connectivity index (χ0v) is 7.04. The molecule has 0 rings (SSSR count). The molecule has 0 unspecified atom stereocenters. The van der Waals surface area contributed by atoms with Crippen molar-refractivity contribution in [2.45, 2.75) is 6.92 Å². The second-order valence-corrected chi connectivity index (χ2v) is 0.519. The molecule has 0 aliphatic heterocycles. The van der Waals surface area contributed by atoms with E-state index in [2.05, 4.69) is 0 Å². The molecule has 0 heterocycles. The van der Waals surface area contributed by atoms with E-state index in [1.807, 2.05) is 0 Å². The Labute approximate surface area is 74.2 Å². The summed E-state index contributed by atoms with van der Waals surface area (Å²) in [5.41, 5.74) is 0. The van der Waals surface area contributed by atoms with Crippen LogP contribution in [-0.2, 0) is 21.2 Å². The van der Waals surface area contributed by atoms with E-state index in [4.69, 9.17) is 9.90 Å². The third-order valence-electron chi connectivity index (χ3n) is 0. The summed E-state index contributed by atoms with van der Waals surface area (Å²) in [7, 11) is 0. The van der Waals surface area contributed by atoms with Crippen LogP contribution in [0.1, 0.15) is 6.92 Å². The molecular formula is C2H4Al2O5.